The van der Waals surface area contributed by atoms with Gasteiger partial charge in [0, 0.05) is 17.8 Å². The predicted octanol–water partition coefficient (Wildman–Crippen LogP) is 4.63. The normalized spacial score (nSPS) is 20.8. The van der Waals surface area contributed by atoms with E-state index in [-0.39, 0.29) is 24.2 Å². The van der Waals surface area contributed by atoms with E-state index >= 15 is 0 Å². The molecule has 1 spiro atoms. The van der Waals surface area contributed by atoms with Gasteiger partial charge in [0.15, 0.2) is 0 Å². The van der Waals surface area contributed by atoms with Crippen LogP contribution in [-0.2, 0) is 19.1 Å². The minimum atomic E-state index is -0.886. The van der Waals surface area contributed by atoms with Crippen molar-refractivity contribution in [2.75, 3.05) is 25.3 Å². The summed E-state index contributed by atoms with van der Waals surface area (Å²) in [5, 5.41) is 7.15. The van der Waals surface area contributed by atoms with Crippen LogP contribution in [0.2, 0.25) is 5.02 Å². The molecule has 0 N–H and O–H groups in total. The van der Waals surface area contributed by atoms with E-state index in [2.05, 4.69) is 12.0 Å². The number of hydrazone groups is 1. The summed E-state index contributed by atoms with van der Waals surface area (Å²) in [4.78, 5) is 27.8. The third kappa shape index (κ3) is 4.15. The third-order valence-corrected chi connectivity index (χ3v) is 7.71. The van der Waals surface area contributed by atoms with Gasteiger partial charge in [0.2, 0.25) is 9.37 Å². The van der Waals surface area contributed by atoms with Gasteiger partial charge in [-0.25, -0.2) is 14.6 Å². The Morgan fingerprint density at radius 2 is 1.70 bits per heavy atom. The first kappa shape index (κ1) is 22.8. The lowest BCUT2D eigenvalue weighted by atomic mass is 10.2. The second kappa shape index (κ2) is 9.53. The number of carbonyl (C=O) groups excluding carboxylic acids is 2. The molecule has 0 aromatic heterocycles. The maximum atomic E-state index is 12.7. The molecule has 0 bridgehead atoms. The van der Waals surface area contributed by atoms with E-state index in [0.717, 1.165) is 17.8 Å². The molecule has 2 aliphatic rings. The number of thioether (sulfide) groups is 2. The number of nitrogens with zero attached hydrogens (tertiary/aromatic N) is 3. The van der Waals surface area contributed by atoms with Gasteiger partial charge >= 0.3 is 11.9 Å². The van der Waals surface area contributed by atoms with Gasteiger partial charge in [0.25, 0.3) is 0 Å². The largest absolute Gasteiger partial charge is 0.462 e. The molecular formula is C20H24ClN3O4S2. The van der Waals surface area contributed by atoms with Gasteiger partial charge in [-0.3, -0.25) is 0 Å². The molecule has 0 fully saturated rings. The van der Waals surface area contributed by atoms with Gasteiger partial charge < -0.3 is 14.4 Å². The maximum absolute atomic E-state index is 12.7. The fourth-order valence-electron chi connectivity index (χ4n) is 3.15. The lowest BCUT2D eigenvalue weighted by Gasteiger charge is -2.39. The Morgan fingerprint density at radius 3 is 2.30 bits per heavy atom. The summed E-state index contributed by atoms with van der Waals surface area (Å²) in [7, 11) is 1.91. The molecular weight excluding hydrogens is 446 g/mol. The fraction of sp³-hybridized carbons (Fsp3) is 0.450. The van der Waals surface area contributed by atoms with Crippen LogP contribution in [0, 0.1) is 0 Å². The van der Waals surface area contributed by atoms with Crippen LogP contribution >= 0.6 is 35.1 Å². The highest BCUT2D eigenvalue weighted by Gasteiger charge is 2.57. The molecule has 0 unspecified atom stereocenters. The van der Waals surface area contributed by atoms with Crippen LogP contribution in [0.15, 0.2) is 40.0 Å². The molecule has 10 heteroatoms. The molecule has 1 atom stereocenters. The van der Waals surface area contributed by atoms with Crippen molar-refractivity contribution in [2.45, 2.75) is 37.9 Å². The molecule has 2 aliphatic heterocycles. The molecule has 0 saturated carbocycles. The number of allylic oxidation sites excluding steroid dienone is 1. The zero-order chi connectivity index (χ0) is 21.9. The van der Waals surface area contributed by atoms with Crippen molar-refractivity contribution in [3.8, 4) is 0 Å². The van der Waals surface area contributed by atoms with Crippen LogP contribution in [0.4, 0.5) is 5.69 Å². The standard InChI is InChI=1S/C20H24ClN3O4S2/c1-5-8-15-16(18(25)27-6-2)29-20(23(15)4)24(14-11-9-13(21)10-12-14)22-17(30-20)19(26)28-7-3/h9-12H,5-8H2,1-4H3/t20-/m0/s1. The molecule has 7 nitrogen and oxygen atoms in total. The number of hydrogen-bond acceptors (Lipinski definition) is 9. The van der Waals surface area contributed by atoms with Crippen LogP contribution in [0.3, 0.4) is 0 Å². The first-order chi connectivity index (χ1) is 14.4. The second-order valence-electron chi connectivity index (χ2n) is 6.47. The van der Waals surface area contributed by atoms with E-state index in [1.807, 2.05) is 24.1 Å². The number of hydrogen-bond donors (Lipinski definition) is 0. The average Bonchev–Trinajstić information content (AvgIpc) is 3.24. The molecule has 30 heavy (non-hydrogen) atoms. The Balaban J connectivity index is 2.05. The Hall–Kier alpha value is -1.84. The maximum Gasteiger partial charge on any atom is 0.365 e. The van der Waals surface area contributed by atoms with Gasteiger partial charge in [-0.1, -0.05) is 36.7 Å². The average molecular weight is 470 g/mol. The van der Waals surface area contributed by atoms with Crippen LogP contribution in [-0.4, -0.2) is 46.5 Å². The highest BCUT2D eigenvalue weighted by atomic mass is 35.5. The van der Waals surface area contributed by atoms with Crippen LogP contribution in [0.25, 0.3) is 0 Å². The Morgan fingerprint density at radius 1 is 1.07 bits per heavy atom. The van der Waals surface area contributed by atoms with Gasteiger partial charge in [-0.2, -0.15) is 5.10 Å². The van der Waals surface area contributed by atoms with E-state index in [1.165, 1.54) is 23.5 Å². The molecule has 0 radical (unpaired) electrons. The van der Waals surface area contributed by atoms with Crippen LogP contribution in [0.5, 0.6) is 0 Å². The van der Waals surface area contributed by atoms with Gasteiger partial charge in [-0.05, 0) is 56.3 Å². The van der Waals surface area contributed by atoms with E-state index in [0.29, 0.717) is 16.3 Å². The lowest BCUT2D eigenvalue weighted by Crippen LogP contribution is -2.47. The molecule has 0 aliphatic carbocycles. The SMILES string of the molecule is CCCC1=C(C(=O)OCC)S[C@]2(SC(C(=O)OCC)=NN2c2ccc(Cl)cc2)N1C. The Kier molecular flexibility index (Phi) is 7.26. The van der Waals surface area contributed by atoms with E-state index in [9.17, 15) is 9.59 Å². The zero-order valence-electron chi connectivity index (χ0n) is 17.3. The monoisotopic (exact) mass is 469 g/mol. The molecule has 2 heterocycles. The van der Waals surface area contributed by atoms with E-state index in [1.54, 1.807) is 31.0 Å². The highest BCUT2D eigenvalue weighted by molar-refractivity contribution is 8.28. The number of halogens is 1. The van der Waals surface area contributed by atoms with Crippen molar-refractivity contribution in [1.82, 2.24) is 4.90 Å². The molecule has 1 aromatic rings. The van der Waals surface area contributed by atoms with Crippen molar-refractivity contribution < 1.29 is 19.1 Å². The lowest BCUT2D eigenvalue weighted by molar-refractivity contribution is -0.137. The first-order valence-corrected chi connectivity index (χ1v) is 11.7. The van der Waals surface area contributed by atoms with Crippen molar-refractivity contribution in [1.29, 1.82) is 0 Å². The quantitative estimate of drug-likeness (QED) is 0.535. The summed E-state index contributed by atoms with van der Waals surface area (Å²) in [6.07, 6.45) is 1.56. The van der Waals surface area contributed by atoms with E-state index < -0.39 is 10.3 Å². The zero-order valence-corrected chi connectivity index (χ0v) is 19.7. The number of esters is 2. The minimum absolute atomic E-state index is 0.229. The summed E-state index contributed by atoms with van der Waals surface area (Å²) in [5.74, 6) is -0.857. The highest BCUT2D eigenvalue weighted by Crippen LogP contribution is 2.59. The summed E-state index contributed by atoms with van der Waals surface area (Å²) in [5.41, 5.74) is 1.61. The number of ether oxygens (including phenoxy) is 2. The summed E-state index contributed by atoms with van der Waals surface area (Å²) >= 11 is 8.66. The van der Waals surface area contributed by atoms with Crippen molar-refractivity contribution in [3.63, 3.8) is 0 Å². The topological polar surface area (TPSA) is 71.4 Å². The summed E-state index contributed by atoms with van der Waals surface area (Å²) < 4.78 is 9.60. The predicted molar refractivity (Wildman–Crippen MR) is 122 cm³/mol. The minimum Gasteiger partial charge on any atom is -0.462 e. The fourth-order valence-corrected chi connectivity index (χ4v) is 6.17. The van der Waals surface area contributed by atoms with Crippen LogP contribution in [0.1, 0.15) is 33.6 Å². The van der Waals surface area contributed by atoms with Gasteiger partial charge in [0.05, 0.1) is 18.9 Å². The summed E-state index contributed by atoms with van der Waals surface area (Å²) in [6.45, 7) is 6.13. The second-order valence-corrected chi connectivity index (χ2v) is 9.51. The molecule has 0 saturated heterocycles. The summed E-state index contributed by atoms with van der Waals surface area (Å²) in [6, 6.07) is 7.19. The molecule has 3 rings (SSSR count). The smallest absolute Gasteiger partial charge is 0.365 e. The van der Waals surface area contributed by atoms with Gasteiger partial charge in [0.1, 0.15) is 4.91 Å². The van der Waals surface area contributed by atoms with Crippen LogP contribution < -0.4 is 5.01 Å². The first-order valence-electron chi connectivity index (χ1n) is 9.71. The Labute approximate surface area is 189 Å². The molecule has 162 valence electrons. The number of rotatable bonds is 7. The number of carbonyl (C=O) groups is 2. The number of anilines is 1. The van der Waals surface area contributed by atoms with Gasteiger partial charge in [-0.15, -0.1) is 0 Å². The third-order valence-electron chi connectivity index (χ3n) is 4.48. The molecule has 1 aromatic carbocycles. The van der Waals surface area contributed by atoms with Crippen molar-refractivity contribution in [3.05, 3.63) is 39.9 Å². The Bertz CT molecular complexity index is 891. The number of benzene rings is 1. The molecule has 0 amide bonds. The van der Waals surface area contributed by atoms with E-state index in [4.69, 9.17) is 21.1 Å². The van der Waals surface area contributed by atoms with Crippen molar-refractivity contribution >= 4 is 57.8 Å². The van der Waals surface area contributed by atoms with Crippen molar-refractivity contribution in [2.24, 2.45) is 5.10 Å².